The standard InChI is InChI=1S/C24H36O7/c1-4-21(31-23(28)17-14-19(25)22(27)20(26)15-17)16-9-7-10-18(13-16)30-12-8-11-24(29,5-2)6-3/h7,9-10,13-14,19-22,25-27,29H,4-6,8,11-12,15H2,1-3H3/t19-,20-,21?,22-/m1/s1. The minimum atomic E-state index is -1.31. The summed E-state index contributed by atoms with van der Waals surface area (Å²) >= 11 is 0. The van der Waals surface area contributed by atoms with Gasteiger partial charge in [-0.05, 0) is 55.9 Å². The summed E-state index contributed by atoms with van der Waals surface area (Å²) in [4.78, 5) is 12.5. The molecule has 0 heterocycles. The summed E-state index contributed by atoms with van der Waals surface area (Å²) in [6, 6.07) is 7.35. The molecule has 7 nitrogen and oxygen atoms in total. The SMILES string of the molecule is CCC(OC(=O)C1=C[C@@H](O)[C@@H](O)[C@H](O)C1)c1cccc(OCCCC(O)(CC)CC)c1. The van der Waals surface area contributed by atoms with E-state index in [9.17, 15) is 25.2 Å². The smallest absolute Gasteiger partial charge is 0.334 e. The van der Waals surface area contributed by atoms with E-state index in [0.29, 0.717) is 38.0 Å². The summed E-state index contributed by atoms with van der Waals surface area (Å²) in [5.74, 6) is 0.0379. The van der Waals surface area contributed by atoms with Crippen molar-refractivity contribution in [2.45, 2.75) is 89.3 Å². The van der Waals surface area contributed by atoms with Crippen molar-refractivity contribution < 1.29 is 34.7 Å². The van der Waals surface area contributed by atoms with Crippen LogP contribution in [0.5, 0.6) is 5.75 Å². The number of hydrogen-bond acceptors (Lipinski definition) is 7. The molecule has 174 valence electrons. The van der Waals surface area contributed by atoms with Gasteiger partial charge in [0.1, 0.15) is 24.1 Å². The first kappa shape index (κ1) is 25.3. The molecule has 2 rings (SSSR count). The number of ether oxygens (including phenoxy) is 2. The van der Waals surface area contributed by atoms with E-state index in [1.165, 1.54) is 6.08 Å². The first-order chi connectivity index (χ1) is 14.7. The molecule has 1 unspecified atom stereocenters. The molecule has 0 saturated heterocycles. The van der Waals surface area contributed by atoms with Crippen LogP contribution in [0, 0.1) is 0 Å². The predicted molar refractivity (Wildman–Crippen MR) is 117 cm³/mol. The summed E-state index contributed by atoms with van der Waals surface area (Å²) in [5.41, 5.74) is 0.289. The molecule has 7 heteroatoms. The lowest BCUT2D eigenvalue weighted by Crippen LogP contribution is -2.41. The van der Waals surface area contributed by atoms with Gasteiger partial charge in [-0.25, -0.2) is 4.79 Å². The lowest BCUT2D eigenvalue weighted by atomic mass is 9.92. The highest BCUT2D eigenvalue weighted by molar-refractivity contribution is 5.89. The molecule has 4 atom stereocenters. The zero-order chi connectivity index (χ0) is 23.0. The first-order valence-electron chi connectivity index (χ1n) is 11.1. The van der Waals surface area contributed by atoms with Gasteiger partial charge in [0, 0.05) is 12.0 Å². The van der Waals surface area contributed by atoms with Crippen molar-refractivity contribution in [3.63, 3.8) is 0 Å². The Balaban J connectivity index is 1.96. The van der Waals surface area contributed by atoms with Gasteiger partial charge in [-0.1, -0.05) is 32.9 Å². The summed E-state index contributed by atoms with van der Waals surface area (Å²) in [6.45, 7) is 6.33. The highest BCUT2D eigenvalue weighted by atomic mass is 16.5. The predicted octanol–water partition coefficient (Wildman–Crippen LogP) is 2.80. The largest absolute Gasteiger partial charge is 0.494 e. The second-order valence-electron chi connectivity index (χ2n) is 8.20. The minimum absolute atomic E-state index is 0.0709. The van der Waals surface area contributed by atoms with Crippen LogP contribution in [0.25, 0.3) is 0 Å². The fourth-order valence-electron chi connectivity index (χ4n) is 3.69. The van der Waals surface area contributed by atoms with E-state index >= 15 is 0 Å². The van der Waals surface area contributed by atoms with Gasteiger partial charge in [-0.3, -0.25) is 0 Å². The van der Waals surface area contributed by atoms with Crippen molar-refractivity contribution in [1.29, 1.82) is 0 Å². The summed E-state index contributed by atoms with van der Waals surface area (Å²) in [7, 11) is 0. The fourth-order valence-corrected chi connectivity index (χ4v) is 3.69. The number of aliphatic hydroxyl groups is 4. The van der Waals surface area contributed by atoms with Gasteiger partial charge < -0.3 is 29.9 Å². The van der Waals surface area contributed by atoms with Crippen LogP contribution in [0.2, 0.25) is 0 Å². The molecule has 1 aliphatic rings. The van der Waals surface area contributed by atoms with Crippen LogP contribution < -0.4 is 4.74 Å². The average Bonchev–Trinajstić information content (AvgIpc) is 2.78. The van der Waals surface area contributed by atoms with E-state index in [4.69, 9.17) is 9.47 Å². The number of hydrogen-bond donors (Lipinski definition) is 4. The van der Waals surface area contributed by atoms with Crippen LogP contribution in [-0.4, -0.2) is 56.9 Å². The van der Waals surface area contributed by atoms with Gasteiger partial charge >= 0.3 is 5.97 Å². The third-order valence-corrected chi connectivity index (χ3v) is 6.03. The molecule has 1 aliphatic carbocycles. The van der Waals surface area contributed by atoms with Crippen LogP contribution in [0.15, 0.2) is 35.9 Å². The zero-order valence-electron chi connectivity index (χ0n) is 18.7. The van der Waals surface area contributed by atoms with Crippen LogP contribution in [-0.2, 0) is 9.53 Å². The van der Waals surface area contributed by atoms with Gasteiger partial charge in [0.05, 0.1) is 18.3 Å². The normalized spacial score (nSPS) is 22.5. The van der Waals surface area contributed by atoms with E-state index in [2.05, 4.69) is 0 Å². The Morgan fingerprint density at radius 2 is 1.90 bits per heavy atom. The maximum absolute atomic E-state index is 12.5. The molecule has 0 amide bonds. The molecule has 0 radical (unpaired) electrons. The number of carbonyl (C=O) groups excluding carboxylic acids is 1. The van der Waals surface area contributed by atoms with Crippen molar-refractivity contribution in [1.82, 2.24) is 0 Å². The number of aliphatic hydroxyl groups excluding tert-OH is 3. The average molecular weight is 437 g/mol. The molecule has 0 saturated carbocycles. The van der Waals surface area contributed by atoms with Crippen LogP contribution >= 0.6 is 0 Å². The molecular formula is C24H36O7. The monoisotopic (exact) mass is 436 g/mol. The molecule has 0 bridgehead atoms. The quantitative estimate of drug-likeness (QED) is 0.311. The lowest BCUT2D eigenvalue weighted by Gasteiger charge is -2.27. The van der Waals surface area contributed by atoms with E-state index in [1.54, 1.807) is 0 Å². The van der Waals surface area contributed by atoms with E-state index in [1.807, 2.05) is 45.0 Å². The second kappa shape index (κ2) is 11.6. The van der Waals surface area contributed by atoms with Gasteiger partial charge in [-0.2, -0.15) is 0 Å². The molecule has 1 aromatic rings. The van der Waals surface area contributed by atoms with Gasteiger partial charge in [-0.15, -0.1) is 0 Å². The molecule has 4 N–H and O–H groups in total. The van der Waals surface area contributed by atoms with E-state index in [-0.39, 0.29) is 12.0 Å². The number of benzene rings is 1. The summed E-state index contributed by atoms with van der Waals surface area (Å²) < 4.78 is 11.4. The zero-order valence-corrected chi connectivity index (χ0v) is 18.7. The van der Waals surface area contributed by atoms with Crippen LogP contribution in [0.1, 0.15) is 71.0 Å². The highest BCUT2D eigenvalue weighted by Crippen LogP contribution is 2.28. The Hall–Kier alpha value is -1.93. The van der Waals surface area contributed by atoms with Gasteiger partial charge in [0.2, 0.25) is 0 Å². The highest BCUT2D eigenvalue weighted by Gasteiger charge is 2.33. The maximum Gasteiger partial charge on any atom is 0.334 e. The summed E-state index contributed by atoms with van der Waals surface area (Å²) in [6.07, 6.45) is 0.210. The Bertz CT molecular complexity index is 741. The van der Waals surface area contributed by atoms with E-state index < -0.39 is 36.0 Å². The van der Waals surface area contributed by atoms with Gasteiger partial charge in [0.15, 0.2) is 0 Å². The topological polar surface area (TPSA) is 116 Å². The Morgan fingerprint density at radius 3 is 2.52 bits per heavy atom. The van der Waals surface area contributed by atoms with Gasteiger partial charge in [0.25, 0.3) is 0 Å². The van der Waals surface area contributed by atoms with Crippen molar-refractivity contribution in [2.75, 3.05) is 6.61 Å². The molecule has 31 heavy (non-hydrogen) atoms. The van der Waals surface area contributed by atoms with Crippen molar-refractivity contribution >= 4 is 5.97 Å². The molecule has 1 aromatic carbocycles. The Morgan fingerprint density at radius 1 is 1.19 bits per heavy atom. The lowest BCUT2D eigenvalue weighted by molar-refractivity contribution is -0.146. The second-order valence-corrected chi connectivity index (χ2v) is 8.20. The van der Waals surface area contributed by atoms with Crippen LogP contribution in [0.3, 0.4) is 0 Å². The molecule has 0 aromatic heterocycles. The molecular weight excluding hydrogens is 400 g/mol. The first-order valence-corrected chi connectivity index (χ1v) is 11.1. The Labute approximate surface area is 184 Å². The van der Waals surface area contributed by atoms with Crippen LogP contribution in [0.4, 0.5) is 0 Å². The molecule has 0 fully saturated rings. The number of esters is 1. The number of carbonyl (C=O) groups is 1. The third-order valence-electron chi connectivity index (χ3n) is 6.03. The number of rotatable bonds is 11. The van der Waals surface area contributed by atoms with Crippen molar-refractivity contribution in [3.05, 3.63) is 41.5 Å². The van der Waals surface area contributed by atoms with Crippen molar-refractivity contribution in [3.8, 4) is 5.75 Å². The molecule has 0 aliphatic heterocycles. The maximum atomic E-state index is 12.5. The Kier molecular flexibility index (Phi) is 9.50. The van der Waals surface area contributed by atoms with E-state index in [0.717, 1.165) is 12.0 Å². The molecule has 0 spiro atoms. The summed E-state index contributed by atoms with van der Waals surface area (Å²) in [5, 5.41) is 39.6. The fraction of sp³-hybridized carbons (Fsp3) is 0.625. The van der Waals surface area contributed by atoms with Crippen molar-refractivity contribution in [2.24, 2.45) is 0 Å². The minimum Gasteiger partial charge on any atom is -0.494 e. The third kappa shape index (κ3) is 7.04.